The summed E-state index contributed by atoms with van der Waals surface area (Å²) >= 11 is 2.87. The first-order valence-corrected chi connectivity index (χ1v) is 11.9. The van der Waals surface area contributed by atoms with E-state index >= 15 is 0 Å². The van der Waals surface area contributed by atoms with Crippen LogP contribution in [0.5, 0.6) is 5.75 Å². The molecule has 2 aliphatic rings. The molecule has 0 unspecified atom stereocenters. The number of amides is 3. The number of thioether (sulfide) groups is 1. The maximum Gasteiger partial charge on any atom is 0.344 e. The van der Waals surface area contributed by atoms with Gasteiger partial charge in [-0.15, -0.1) is 0 Å². The third kappa shape index (κ3) is 5.04. The van der Waals surface area contributed by atoms with E-state index in [9.17, 15) is 19.2 Å². The molecule has 2 fully saturated rings. The molecule has 4 rings (SSSR count). The number of ether oxygens (including phenoxy) is 1. The van der Waals surface area contributed by atoms with Gasteiger partial charge in [0.05, 0.1) is 10.5 Å². The highest BCUT2D eigenvalue weighted by atomic mass is 127. The Bertz CT molecular complexity index is 1130. The zero-order valence-corrected chi connectivity index (χ0v) is 19.9. The monoisotopic (exact) mass is 562 g/mol. The smallest absolute Gasteiger partial charge is 0.344 e. The largest absolute Gasteiger partial charge is 0.423 e. The molecule has 2 aliphatic heterocycles. The quantitative estimate of drug-likeness (QED) is 0.236. The lowest BCUT2D eigenvalue weighted by Gasteiger charge is -2.18. The van der Waals surface area contributed by atoms with Gasteiger partial charge in [-0.25, -0.2) is 4.79 Å². The third-order valence-corrected chi connectivity index (χ3v) is 6.93. The van der Waals surface area contributed by atoms with E-state index in [0.717, 1.165) is 33.1 Å². The van der Waals surface area contributed by atoms with Crippen LogP contribution in [0.1, 0.15) is 28.8 Å². The SMILES string of the molecule is O=C(Oc1cccc(/C=C2\SC(=O)N(CC(=O)N3CCCC3)C2=O)c1)c1ccccc1I. The van der Waals surface area contributed by atoms with Crippen molar-refractivity contribution in [3.8, 4) is 5.75 Å². The molecule has 0 bridgehead atoms. The Morgan fingerprint density at radius 1 is 1.06 bits per heavy atom. The van der Waals surface area contributed by atoms with Crippen LogP contribution < -0.4 is 4.74 Å². The zero-order chi connectivity index (χ0) is 22.7. The van der Waals surface area contributed by atoms with E-state index in [1.54, 1.807) is 47.4 Å². The highest BCUT2D eigenvalue weighted by Crippen LogP contribution is 2.33. The lowest BCUT2D eigenvalue weighted by molar-refractivity contribution is -0.135. The molecule has 2 saturated heterocycles. The van der Waals surface area contributed by atoms with Crippen molar-refractivity contribution in [2.24, 2.45) is 0 Å². The summed E-state index contributed by atoms with van der Waals surface area (Å²) in [6, 6.07) is 13.8. The Hall–Kier alpha value is -2.66. The molecule has 9 heteroatoms. The van der Waals surface area contributed by atoms with Gasteiger partial charge in [0.1, 0.15) is 12.3 Å². The molecule has 2 heterocycles. The third-order valence-electron chi connectivity index (χ3n) is 5.09. The van der Waals surface area contributed by atoms with Gasteiger partial charge >= 0.3 is 5.97 Å². The van der Waals surface area contributed by atoms with Crippen molar-refractivity contribution >= 4 is 63.5 Å². The van der Waals surface area contributed by atoms with Crippen LogP contribution in [0.3, 0.4) is 0 Å². The number of hydrogen-bond donors (Lipinski definition) is 0. The predicted octanol–water partition coefficient (Wildman–Crippen LogP) is 4.17. The number of nitrogens with zero attached hydrogens (tertiary/aromatic N) is 2. The van der Waals surface area contributed by atoms with Crippen LogP contribution in [-0.4, -0.2) is 52.5 Å². The van der Waals surface area contributed by atoms with Crippen molar-refractivity contribution in [1.29, 1.82) is 0 Å². The molecule has 2 aromatic carbocycles. The molecule has 0 atom stereocenters. The fraction of sp³-hybridized carbons (Fsp3) is 0.217. The first-order valence-electron chi connectivity index (χ1n) is 10.0. The molecule has 0 saturated carbocycles. The van der Waals surface area contributed by atoms with Gasteiger partial charge in [-0.3, -0.25) is 19.3 Å². The lowest BCUT2D eigenvalue weighted by Crippen LogP contribution is -2.40. The van der Waals surface area contributed by atoms with E-state index in [1.165, 1.54) is 0 Å². The maximum absolute atomic E-state index is 12.7. The van der Waals surface area contributed by atoms with Crippen LogP contribution in [0.4, 0.5) is 4.79 Å². The molecule has 7 nitrogen and oxygen atoms in total. The van der Waals surface area contributed by atoms with Gasteiger partial charge in [0.2, 0.25) is 5.91 Å². The number of hydrogen-bond acceptors (Lipinski definition) is 6. The normalized spacial score (nSPS) is 17.3. The Morgan fingerprint density at radius 3 is 2.56 bits per heavy atom. The Kier molecular flexibility index (Phi) is 6.95. The highest BCUT2D eigenvalue weighted by Gasteiger charge is 2.37. The van der Waals surface area contributed by atoms with Crippen LogP contribution >= 0.6 is 34.4 Å². The fourth-order valence-electron chi connectivity index (χ4n) is 3.45. The van der Waals surface area contributed by atoms with Gasteiger partial charge in [0.25, 0.3) is 11.1 Å². The van der Waals surface area contributed by atoms with E-state index in [-0.39, 0.29) is 17.4 Å². The summed E-state index contributed by atoms with van der Waals surface area (Å²) < 4.78 is 6.25. The number of carbonyl (C=O) groups excluding carboxylic acids is 4. The average molecular weight is 562 g/mol. The Morgan fingerprint density at radius 2 is 1.81 bits per heavy atom. The van der Waals surface area contributed by atoms with Crippen molar-refractivity contribution in [1.82, 2.24) is 9.80 Å². The van der Waals surface area contributed by atoms with E-state index in [0.29, 0.717) is 30.0 Å². The summed E-state index contributed by atoms with van der Waals surface area (Å²) in [7, 11) is 0. The highest BCUT2D eigenvalue weighted by molar-refractivity contribution is 14.1. The number of benzene rings is 2. The van der Waals surface area contributed by atoms with E-state index in [1.807, 2.05) is 12.1 Å². The molecule has 0 spiro atoms. The second kappa shape index (κ2) is 9.86. The second-order valence-electron chi connectivity index (χ2n) is 7.30. The zero-order valence-electron chi connectivity index (χ0n) is 17.0. The molecule has 0 aliphatic carbocycles. The van der Waals surface area contributed by atoms with Crippen molar-refractivity contribution in [2.75, 3.05) is 19.6 Å². The molecule has 32 heavy (non-hydrogen) atoms. The predicted molar refractivity (Wildman–Crippen MR) is 129 cm³/mol. The molecule has 164 valence electrons. The summed E-state index contributed by atoms with van der Waals surface area (Å²) in [5.41, 5.74) is 1.07. The van der Waals surface area contributed by atoms with Gasteiger partial charge in [-0.1, -0.05) is 24.3 Å². The summed E-state index contributed by atoms with van der Waals surface area (Å²) in [4.78, 5) is 52.7. The molecule has 0 aromatic heterocycles. The lowest BCUT2D eigenvalue weighted by atomic mass is 10.2. The number of rotatable bonds is 5. The Balaban J connectivity index is 1.46. The first-order chi connectivity index (χ1) is 15.4. The van der Waals surface area contributed by atoms with Crippen molar-refractivity contribution in [2.45, 2.75) is 12.8 Å². The standard InChI is InChI=1S/C23H19IN2O5S/c24-18-9-2-1-8-17(18)22(29)31-16-7-5-6-15(12-16)13-19-21(28)26(23(30)32-19)14-20(27)25-10-3-4-11-25/h1-2,5-9,12-13H,3-4,10-11,14H2/b19-13-. The molecule has 0 N–H and O–H groups in total. The van der Waals surface area contributed by atoms with Gasteiger partial charge in [0.15, 0.2) is 0 Å². The summed E-state index contributed by atoms with van der Waals surface area (Å²) in [5.74, 6) is -0.857. The van der Waals surface area contributed by atoms with Gasteiger partial charge in [-0.05, 0) is 83.1 Å². The van der Waals surface area contributed by atoms with E-state index in [2.05, 4.69) is 22.6 Å². The first kappa shape index (κ1) is 22.5. The summed E-state index contributed by atoms with van der Waals surface area (Å²) in [5, 5.41) is -0.463. The van der Waals surface area contributed by atoms with E-state index < -0.39 is 17.1 Å². The van der Waals surface area contributed by atoms with Gasteiger partial charge in [0, 0.05) is 16.7 Å². The minimum Gasteiger partial charge on any atom is -0.423 e. The molecular weight excluding hydrogens is 543 g/mol. The van der Waals surface area contributed by atoms with Crippen LogP contribution in [-0.2, 0) is 9.59 Å². The number of carbonyl (C=O) groups is 4. The summed E-state index contributed by atoms with van der Waals surface area (Å²) in [6.07, 6.45) is 3.45. The van der Waals surface area contributed by atoms with Crippen LogP contribution in [0, 0.1) is 3.57 Å². The van der Waals surface area contributed by atoms with Crippen LogP contribution in [0.2, 0.25) is 0 Å². The second-order valence-corrected chi connectivity index (χ2v) is 9.45. The van der Waals surface area contributed by atoms with Crippen LogP contribution in [0.25, 0.3) is 6.08 Å². The average Bonchev–Trinajstić information content (AvgIpc) is 3.39. The van der Waals surface area contributed by atoms with Gasteiger partial charge < -0.3 is 9.64 Å². The minimum absolute atomic E-state index is 0.212. The minimum atomic E-state index is -0.492. The molecule has 3 amide bonds. The van der Waals surface area contributed by atoms with Crippen LogP contribution in [0.15, 0.2) is 53.4 Å². The Labute approximate surface area is 202 Å². The molecule has 0 radical (unpaired) electrons. The molecular formula is C23H19IN2O5S. The van der Waals surface area contributed by atoms with Crippen molar-refractivity contribution in [3.05, 3.63) is 68.1 Å². The van der Waals surface area contributed by atoms with Crippen molar-refractivity contribution < 1.29 is 23.9 Å². The number of esters is 1. The van der Waals surface area contributed by atoms with Gasteiger partial charge in [-0.2, -0.15) is 0 Å². The topological polar surface area (TPSA) is 84.0 Å². The number of likely N-dealkylation sites (tertiary alicyclic amines) is 1. The summed E-state index contributed by atoms with van der Waals surface area (Å²) in [6.45, 7) is 1.09. The van der Waals surface area contributed by atoms with Crippen molar-refractivity contribution in [3.63, 3.8) is 0 Å². The molecule has 2 aromatic rings. The van der Waals surface area contributed by atoms with E-state index in [4.69, 9.17) is 4.74 Å². The number of halogens is 1. The maximum atomic E-state index is 12.7. The number of imide groups is 1. The fourth-order valence-corrected chi connectivity index (χ4v) is 4.89.